The molecule has 0 aliphatic carbocycles. The monoisotopic (exact) mass is 287 g/mol. The summed E-state index contributed by atoms with van der Waals surface area (Å²) >= 11 is 2.07. The zero-order valence-corrected chi connectivity index (χ0v) is 12.9. The highest BCUT2D eigenvalue weighted by atomic mass is 32.2. The van der Waals surface area contributed by atoms with Gasteiger partial charge in [-0.3, -0.25) is 4.98 Å². The SMILES string of the molecule is CC1(C)CCN(c2ccc(N)c3ncccc23)CCS1. The molecule has 0 saturated carbocycles. The highest BCUT2D eigenvalue weighted by Gasteiger charge is 2.24. The average molecular weight is 287 g/mol. The van der Waals surface area contributed by atoms with Crippen LogP contribution in [0.5, 0.6) is 0 Å². The second kappa shape index (κ2) is 5.17. The van der Waals surface area contributed by atoms with Gasteiger partial charge in [0.2, 0.25) is 0 Å². The Kier molecular flexibility index (Phi) is 3.50. The second-order valence-electron chi connectivity index (χ2n) is 5.92. The van der Waals surface area contributed by atoms with E-state index in [4.69, 9.17) is 5.73 Å². The van der Waals surface area contributed by atoms with Crippen molar-refractivity contribution in [3.05, 3.63) is 30.5 Å². The van der Waals surface area contributed by atoms with Gasteiger partial charge in [0.25, 0.3) is 0 Å². The van der Waals surface area contributed by atoms with Gasteiger partial charge in [0.1, 0.15) is 0 Å². The molecule has 3 rings (SSSR count). The number of nitrogens with zero attached hydrogens (tertiary/aromatic N) is 2. The lowest BCUT2D eigenvalue weighted by Gasteiger charge is -2.25. The van der Waals surface area contributed by atoms with E-state index < -0.39 is 0 Å². The van der Waals surface area contributed by atoms with Crippen molar-refractivity contribution in [2.75, 3.05) is 29.5 Å². The molecule has 2 N–H and O–H groups in total. The number of rotatable bonds is 1. The van der Waals surface area contributed by atoms with E-state index in [1.807, 2.05) is 18.3 Å². The number of fused-ring (bicyclic) bond motifs is 1. The molecule has 1 fully saturated rings. The van der Waals surface area contributed by atoms with E-state index in [0.717, 1.165) is 29.7 Å². The number of benzene rings is 1. The summed E-state index contributed by atoms with van der Waals surface area (Å²) in [6, 6.07) is 8.23. The van der Waals surface area contributed by atoms with Gasteiger partial charge in [0, 0.05) is 40.9 Å². The topological polar surface area (TPSA) is 42.1 Å². The molecule has 2 heterocycles. The number of nitrogen functional groups attached to an aromatic ring is 1. The van der Waals surface area contributed by atoms with Crippen LogP contribution in [0.15, 0.2) is 30.5 Å². The zero-order chi connectivity index (χ0) is 14.2. The van der Waals surface area contributed by atoms with Crippen LogP contribution < -0.4 is 10.6 Å². The predicted octanol–water partition coefficient (Wildman–Crippen LogP) is 3.54. The molecule has 1 aliphatic rings. The molecule has 1 saturated heterocycles. The van der Waals surface area contributed by atoms with Gasteiger partial charge < -0.3 is 10.6 Å². The first-order valence-electron chi connectivity index (χ1n) is 7.09. The van der Waals surface area contributed by atoms with Crippen molar-refractivity contribution in [3.63, 3.8) is 0 Å². The largest absolute Gasteiger partial charge is 0.397 e. The molecule has 20 heavy (non-hydrogen) atoms. The van der Waals surface area contributed by atoms with Crippen LogP contribution in [0, 0.1) is 0 Å². The molecule has 0 atom stereocenters. The van der Waals surface area contributed by atoms with E-state index >= 15 is 0 Å². The molecule has 3 nitrogen and oxygen atoms in total. The first-order valence-corrected chi connectivity index (χ1v) is 8.07. The zero-order valence-electron chi connectivity index (χ0n) is 12.1. The fraction of sp³-hybridized carbons (Fsp3) is 0.438. The maximum atomic E-state index is 6.04. The summed E-state index contributed by atoms with van der Waals surface area (Å²) in [4.78, 5) is 6.91. The second-order valence-corrected chi connectivity index (χ2v) is 7.72. The molecule has 0 amide bonds. The van der Waals surface area contributed by atoms with E-state index in [9.17, 15) is 0 Å². The Morgan fingerprint density at radius 1 is 1.25 bits per heavy atom. The number of hydrogen-bond acceptors (Lipinski definition) is 4. The minimum Gasteiger partial charge on any atom is -0.397 e. The van der Waals surface area contributed by atoms with Gasteiger partial charge in [-0.2, -0.15) is 11.8 Å². The third-order valence-corrected chi connectivity index (χ3v) is 5.33. The van der Waals surface area contributed by atoms with Gasteiger partial charge in [-0.15, -0.1) is 0 Å². The number of thioether (sulfide) groups is 1. The highest BCUT2D eigenvalue weighted by molar-refractivity contribution is 8.00. The molecule has 4 heteroatoms. The van der Waals surface area contributed by atoms with Gasteiger partial charge in [0.05, 0.1) is 11.2 Å². The van der Waals surface area contributed by atoms with Crippen LogP contribution in [0.1, 0.15) is 20.3 Å². The molecule has 0 bridgehead atoms. The fourth-order valence-electron chi connectivity index (χ4n) is 2.72. The standard InChI is InChI=1S/C16H21N3S/c1-16(2)7-9-19(10-11-20-16)14-6-5-13(17)15-12(14)4-3-8-18-15/h3-6,8H,7,9-11,17H2,1-2H3. The molecular formula is C16H21N3S. The molecule has 106 valence electrons. The predicted molar refractivity (Wildman–Crippen MR) is 89.5 cm³/mol. The third kappa shape index (κ3) is 2.57. The summed E-state index contributed by atoms with van der Waals surface area (Å²) in [6.45, 7) is 6.85. The van der Waals surface area contributed by atoms with E-state index in [0.29, 0.717) is 4.75 Å². The summed E-state index contributed by atoms with van der Waals surface area (Å²) in [5.41, 5.74) is 8.98. The van der Waals surface area contributed by atoms with Crippen molar-refractivity contribution in [2.45, 2.75) is 25.0 Å². The first kappa shape index (κ1) is 13.6. The summed E-state index contributed by atoms with van der Waals surface area (Å²) in [5, 5.41) is 1.16. The van der Waals surface area contributed by atoms with E-state index in [1.165, 1.54) is 17.9 Å². The number of hydrogen-bond donors (Lipinski definition) is 1. The minimum absolute atomic E-state index is 0.372. The Morgan fingerprint density at radius 3 is 2.95 bits per heavy atom. The van der Waals surface area contributed by atoms with E-state index in [2.05, 4.69) is 47.6 Å². The third-order valence-electron chi connectivity index (χ3n) is 3.96. The normalized spacial score (nSPS) is 19.0. The van der Waals surface area contributed by atoms with Crippen LogP contribution in [-0.4, -0.2) is 28.6 Å². The van der Waals surface area contributed by atoms with Crippen molar-refractivity contribution < 1.29 is 0 Å². The Morgan fingerprint density at radius 2 is 2.10 bits per heavy atom. The minimum atomic E-state index is 0.372. The average Bonchev–Trinajstić information content (AvgIpc) is 2.61. The van der Waals surface area contributed by atoms with Gasteiger partial charge in [-0.25, -0.2) is 0 Å². The fourth-order valence-corrected chi connectivity index (χ4v) is 3.82. The first-order chi connectivity index (χ1) is 9.57. The number of anilines is 2. The molecule has 0 unspecified atom stereocenters. The van der Waals surface area contributed by atoms with Gasteiger partial charge in [-0.1, -0.05) is 13.8 Å². The Bertz CT molecular complexity index is 624. The Labute approximate surface area is 124 Å². The highest BCUT2D eigenvalue weighted by Crippen LogP contribution is 2.35. The van der Waals surface area contributed by atoms with Crippen molar-refractivity contribution in [2.24, 2.45) is 0 Å². The van der Waals surface area contributed by atoms with Gasteiger partial charge in [0.15, 0.2) is 0 Å². The smallest absolute Gasteiger partial charge is 0.0951 e. The van der Waals surface area contributed by atoms with Crippen molar-refractivity contribution in [3.8, 4) is 0 Å². The lowest BCUT2D eigenvalue weighted by atomic mass is 10.1. The molecular weight excluding hydrogens is 266 g/mol. The summed E-state index contributed by atoms with van der Waals surface area (Å²) < 4.78 is 0.372. The van der Waals surface area contributed by atoms with Crippen LogP contribution in [0.3, 0.4) is 0 Å². The molecule has 1 aromatic carbocycles. The van der Waals surface area contributed by atoms with Crippen LogP contribution >= 0.6 is 11.8 Å². The number of aromatic nitrogens is 1. The lowest BCUT2D eigenvalue weighted by molar-refractivity contribution is 0.638. The number of pyridine rings is 1. The van der Waals surface area contributed by atoms with Crippen LogP contribution in [0.4, 0.5) is 11.4 Å². The molecule has 0 spiro atoms. The van der Waals surface area contributed by atoms with E-state index in [-0.39, 0.29) is 0 Å². The Hall–Kier alpha value is -1.42. The molecule has 0 radical (unpaired) electrons. The summed E-state index contributed by atoms with van der Waals surface area (Å²) in [6.07, 6.45) is 3.01. The summed E-state index contributed by atoms with van der Waals surface area (Å²) in [5.74, 6) is 1.17. The maximum Gasteiger partial charge on any atom is 0.0951 e. The van der Waals surface area contributed by atoms with Crippen LogP contribution in [-0.2, 0) is 0 Å². The Balaban J connectivity index is 2.00. The maximum absolute atomic E-state index is 6.04. The van der Waals surface area contributed by atoms with Crippen molar-refractivity contribution >= 4 is 34.0 Å². The van der Waals surface area contributed by atoms with Crippen molar-refractivity contribution in [1.29, 1.82) is 0 Å². The van der Waals surface area contributed by atoms with E-state index in [1.54, 1.807) is 0 Å². The molecule has 2 aromatic rings. The molecule has 1 aliphatic heterocycles. The van der Waals surface area contributed by atoms with Gasteiger partial charge in [-0.05, 0) is 30.7 Å². The number of nitrogens with two attached hydrogens (primary N) is 1. The van der Waals surface area contributed by atoms with Crippen LogP contribution in [0.2, 0.25) is 0 Å². The summed E-state index contributed by atoms with van der Waals surface area (Å²) in [7, 11) is 0. The molecule has 1 aromatic heterocycles. The van der Waals surface area contributed by atoms with Gasteiger partial charge >= 0.3 is 0 Å². The van der Waals surface area contributed by atoms with Crippen LogP contribution in [0.25, 0.3) is 10.9 Å². The quantitative estimate of drug-likeness (QED) is 0.815. The van der Waals surface area contributed by atoms with Crippen molar-refractivity contribution in [1.82, 2.24) is 4.98 Å². The lowest BCUT2D eigenvalue weighted by Crippen LogP contribution is -2.27.